The smallest absolute Gasteiger partial charge is 0.251 e. The minimum absolute atomic E-state index is 0.135. The molecular weight excluding hydrogens is 400 g/mol. The molecule has 6 heteroatoms. The van der Waals surface area contributed by atoms with Gasteiger partial charge in [0, 0.05) is 62.3 Å². The highest BCUT2D eigenvalue weighted by molar-refractivity contribution is 5.95. The molecule has 1 heterocycles. The lowest BCUT2D eigenvalue weighted by molar-refractivity contribution is -0.114. The summed E-state index contributed by atoms with van der Waals surface area (Å²) in [7, 11) is 0. The highest BCUT2D eigenvalue weighted by Crippen LogP contribution is 2.21. The van der Waals surface area contributed by atoms with Crippen LogP contribution in [0.1, 0.15) is 22.8 Å². The summed E-state index contributed by atoms with van der Waals surface area (Å²) in [5, 5.41) is 5.65. The summed E-state index contributed by atoms with van der Waals surface area (Å²) in [5.74, 6) is -0.274. The van der Waals surface area contributed by atoms with Crippen molar-refractivity contribution >= 4 is 28.9 Å². The summed E-state index contributed by atoms with van der Waals surface area (Å²) >= 11 is 0. The number of nitrogens with one attached hydrogen (secondary N) is 2. The third-order valence-electron chi connectivity index (χ3n) is 5.62. The van der Waals surface area contributed by atoms with E-state index in [0.717, 1.165) is 31.7 Å². The first-order valence-corrected chi connectivity index (χ1v) is 10.9. The largest absolute Gasteiger partial charge is 0.368 e. The number of para-hydroxylation sites is 1. The van der Waals surface area contributed by atoms with Crippen LogP contribution in [0.2, 0.25) is 0 Å². The summed E-state index contributed by atoms with van der Waals surface area (Å²) in [5.41, 5.74) is 4.78. The van der Waals surface area contributed by atoms with E-state index in [4.69, 9.17) is 0 Å². The molecule has 1 fully saturated rings. The maximum absolute atomic E-state index is 12.4. The first-order valence-electron chi connectivity index (χ1n) is 10.9. The van der Waals surface area contributed by atoms with Crippen molar-refractivity contribution in [3.8, 4) is 0 Å². The molecule has 0 unspecified atom stereocenters. The molecule has 0 radical (unpaired) electrons. The number of hydrogen-bond donors (Lipinski definition) is 2. The molecule has 0 bridgehead atoms. The van der Waals surface area contributed by atoms with E-state index >= 15 is 0 Å². The second-order valence-corrected chi connectivity index (χ2v) is 7.92. The minimum atomic E-state index is -0.138. The molecule has 1 saturated heterocycles. The average molecular weight is 429 g/mol. The highest BCUT2D eigenvalue weighted by Gasteiger charge is 2.17. The van der Waals surface area contributed by atoms with E-state index in [1.807, 2.05) is 6.07 Å². The van der Waals surface area contributed by atoms with Crippen molar-refractivity contribution in [3.63, 3.8) is 0 Å². The van der Waals surface area contributed by atoms with Gasteiger partial charge in [0.05, 0.1) is 0 Å². The molecule has 164 valence electrons. The van der Waals surface area contributed by atoms with Gasteiger partial charge in [-0.25, -0.2) is 0 Å². The van der Waals surface area contributed by atoms with Crippen LogP contribution < -0.4 is 20.4 Å². The van der Waals surface area contributed by atoms with Crippen LogP contribution in [0, 0.1) is 0 Å². The van der Waals surface area contributed by atoms with Crippen molar-refractivity contribution in [3.05, 3.63) is 90.0 Å². The van der Waals surface area contributed by atoms with Crippen LogP contribution in [0.3, 0.4) is 0 Å². The summed E-state index contributed by atoms with van der Waals surface area (Å²) in [6.07, 6.45) is 0. The number of benzene rings is 3. The van der Waals surface area contributed by atoms with Gasteiger partial charge in [-0.3, -0.25) is 9.59 Å². The van der Waals surface area contributed by atoms with Crippen molar-refractivity contribution in [2.45, 2.75) is 13.5 Å². The summed E-state index contributed by atoms with van der Waals surface area (Å²) in [6.45, 7) is 5.90. The standard InChI is InChI=1S/C26H28N4O2/c1-20(31)28-23-11-9-22(10-12-23)26(32)27-19-21-7-13-25(14-8-21)30-17-15-29(16-18-30)24-5-3-2-4-6-24/h2-14H,15-19H2,1H3,(H,27,32)(H,28,31). The van der Waals surface area contributed by atoms with Crippen molar-refractivity contribution in [2.24, 2.45) is 0 Å². The van der Waals surface area contributed by atoms with Gasteiger partial charge in [-0.15, -0.1) is 0 Å². The van der Waals surface area contributed by atoms with E-state index in [-0.39, 0.29) is 11.8 Å². The Kier molecular flexibility index (Phi) is 6.70. The minimum Gasteiger partial charge on any atom is -0.368 e. The fourth-order valence-electron chi connectivity index (χ4n) is 3.88. The first-order chi connectivity index (χ1) is 15.6. The SMILES string of the molecule is CC(=O)Nc1ccc(C(=O)NCc2ccc(N3CCN(c4ccccc4)CC3)cc2)cc1. The molecule has 1 aliphatic rings. The van der Waals surface area contributed by atoms with Gasteiger partial charge in [0.15, 0.2) is 0 Å². The van der Waals surface area contributed by atoms with Gasteiger partial charge in [-0.1, -0.05) is 30.3 Å². The molecule has 3 aromatic rings. The molecule has 0 aromatic heterocycles. The molecule has 0 saturated carbocycles. The zero-order valence-corrected chi connectivity index (χ0v) is 18.3. The van der Waals surface area contributed by atoms with Crippen LogP contribution in [0.4, 0.5) is 17.1 Å². The quantitative estimate of drug-likeness (QED) is 0.625. The summed E-state index contributed by atoms with van der Waals surface area (Å²) in [4.78, 5) is 28.3. The first kappa shape index (κ1) is 21.4. The van der Waals surface area contributed by atoms with Gasteiger partial charge in [0.2, 0.25) is 5.91 Å². The molecule has 2 N–H and O–H groups in total. The zero-order valence-electron chi connectivity index (χ0n) is 18.3. The molecule has 4 rings (SSSR count). The van der Waals surface area contributed by atoms with Crippen molar-refractivity contribution in [1.29, 1.82) is 0 Å². The summed E-state index contributed by atoms with van der Waals surface area (Å²) in [6, 6.07) is 25.8. The van der Waals surface area contributed by atoms with Gasteiger partial charge in [0.1, 0.15) is 0 Å². The molecular formula is C26H28N4O2. The van der Waals surface area contributed by atoms with Crippen LogP contribution in [0.25, 0.3) is 0 Å². The number of amides is 2. The molecule has 2 amide bonds. The van der Waals surface area contributed by atoms with Gasteiger partial charge in [0.25, 0.3) is 5.91 Å². The highest BCUT2D eigenvalue weighted by atomic mass is 16.2. The van der Waals surface area contributed by atoms with E-state index < -0.39 is 0 Å². The van der Waals surface area contributed by atoms with E-state index in [2.05, 4.69) is 69.0 Å². The van der Waals surface area contributed by atoms with Crippen LogP contribution >= 0.6 is 0 Å². The second kappa shape index (κ2) is 10.0. The predicted molar refractivity (Wildman–Crippen MR) is 129 cm³/mol. The molecule has 0 spiro atoms. The van der Waals surface area contributed by atoms with Gasteiger partial charge >= 0.3 is 0 Å². The van der Waals surface area contributed by atoms with Crippen molar-refractivity contribution in [2.75, 3.05) is 41.3 Å². The Bertz CT molecular complexity index is 1040. The Hall–Kier alpha value is -3.80. The fraction of sp³-hybridized carbons (Fsp3) is 0.231. The molecule has 6 nitrogen and oxygen atoms in total. The Morgan fingerprint density at radius 1 is 0.750 bits per heavy atom. The average Bonchev–Trinajstić information content (AvgIpc) is 2.84. The number of carbonyl (C=O) groups is 2. The number of rotatable bonds is 6. The van der Waals surface area contributed by atoms with E-state index in [1.54, 1.807) is 24.3 Å². The Balaban J connectivity index is 1.27. The number of anilines is 3. The van der Waals surface area contributed by atoms with Crippen LogP contribution in [0.5, 0.6) is 0 Å². The lowest BCUT2D eigenvalue weighted by Gasteiger charge is -2.37. The monoisotopic (exact) mass is 428 g/mol. The number of carbonyl (C=O) groups excluding carboxylic acids is 2. The maximum Gasteiger partial charge on any atom is 0.251 e. The Morgan fingerprint density at radius 2 is 1.31 bits per heavy atom. The lowest BCUT2D eigenvalue weighted by Crippen LogP contribution is -2.46. The fourth-order valence-corrected chi connectivity index (χ4v) is 3.88. The van der Waals surface area contributed by atoms with E-state index in [9.17, 15) is 9.59 Å². The van der Waals surface area contributed by atoms with Gasteiger partial charge < -0.3 is 20.4 Å². The number of piperazine rings is 1. The molecule has 1 aliphatic heterocycles. The Morgan fingerprint density at radius 3 is 1.88 bits per heavy atom. The topological polar surface area (TPSA) is 64.7 Å². The molecule has 32 heavy (non-hydrogen) atoms. The van der Waals surface area contributed by atoms with Crippen LogP contribution in [-0.2, 0) is 11.3 Å². The number of hydrogen-bond acceptors (Lipinski definition) is 4. The number of nitrogens with zero attached hydrogens (tertiary/aromatic N) is 2. The van der Waals surface area contributed by atoms with Gasteiger partial charge in [-0.2, -0.15) is 0 Å². The molecule has 3 aromatic carbocycles. The Labute approximate surface area is 188 Å². The normalized spacial score (nSPS) is 13.5. The van der Waals surface area contributed by atoms with Crippen LogP contribution in [-0.4, -0.2) is 38.0 Å². The summed E-state index contributed by atoms with van der Waals surface area (Å²) < 4.78 is 0. The maximum atomic E-state index is 12.4. The van der Waals surface area contributed by atoms with E-state index in [1.165, 1.54) is 18.3 Å². The predicted octanol–water partition coefficient (Wildman–Crippen LogP) is 3.90. The van der Waals surface area contributed by atoms with Crippen molar-refractivity contribution < 1.29 is 9.59 Å². The van der Waals surface area contributed by atoms with Crippen molar-refractivity contribution in [1.82, 2.24) is 5.32 Å². The van der Waals surface area contributed by atoms with Crippen LogP contribution in [0.15, 0.2) is 78.9 Å². The zero-order chi connectivity index (χ0) is 22.3. The lowest BCUT2D eigenvalue weighted by atomic mass is 10.1. The third-order valence-corrected chi connectivity index (χ3v) is 5.62. The molecule has 0 aliphatic carbocycles. The van der Waals surface area contributed by atoms with Gasteiger partial charge in [-0.05, 0) is 54.1 Å². The molecule has 0 atom stereocenters. The van der Waals surface area contributed by atoms with E-state index in [0.29, 0.717) is 17.8 Å². The second-order valence-electron chi connectivity index (χ2n) is 7.92. The third kappa shape index (κ3) is 5.46.